The van der Waals surface area contributed by atoms with Gasteiger partial charge in [-0.25, -0.2) is 4.79 Å². The molecule has 5 heteroatoms. The van der Waals surface area contributed by atoms with Gasteiger partial charge in [0.25, 0.3) is 0 Å². The van der Waals surface area contributed by atoms with Crippen LogP contribution in [0.15, 0.2) is 0 Å². The van der Waals surface area contributed by atoms with E-state index in [4.69, 9.17) is 15.2 Å². The molecule has 0 aromatic heterocycles. The average Bonchev–Trinajstić information content (AvgIpc) is 3.09. The third kappa shape index (κ3) is 6.09. The summed E-state index contributed by atoms with van der Waals surface area (Å²) in [4.78, 5) is 11.5. The van der Waals surface area contributed by atoms with Gasteiger partial charge in [0.05, 0.1) is 19.8 Å². The van der Waals surface area contributed by atoms with Crippen molar-refractivity contribution in [2.24, 2.45) is 23.5 Å². The monoisotopic (exact) mass is 286 g/mol. The van der Waals surface area contributed by atoms with Gasteiger partial charge in [0, 0.05) is 13.1 Å². The maximum Gasteiger partial charge on any atom is 0.407 e. The molecule has 3 N–H and O–H groups in total. The first-order valence-corrected chi connectivity index (χ1v) is 7.93. The summed E-state index contributed by atoms with van der Waals surface area (Å²) in [5, 5.41) is 2.69. The van der Waals surface area contributed by atoms with Crippen LogP contribution in [0.2, 0.25) is 0 Å². The van der Waals surface area contributed by atoms with E-state index >= 15 is 0 Å². The summed E-state index contributed by atoms with van der Waals surface area (Å²) >= 11 is 0. The van der Waals surface area contributed by atoms with Crippen molar-refractivity contribution < 1.29 is 14.3 Å². The van der Waals surface area contributed by atoms with E-state index in [9.17, 15) is 4.79 Å². The van der Waals surface area contributed by atoms with Crippen molar-refractivity contribution in [2.75, 3.05) is 32.9 Å². The number of hydrogen-bond donors (Lipinski definition) is 2. The summed E-state index contributed by atoms with van der Waals surface area (Å²) < 4.78 is 10.5. The van der Waals surface area contributed by atoms with E-state index in [2.05, 4.69) is 19.2 Å². The topological polar surface area (TPSA) is 73.6 Å². The van der Waals surface area contributed by atoms with E-state index < -0.39 is 0 Å². The van der Waals surface area contributed by atoms with E-state index in [-0.39, 0.29) is 6.09 Å². The predicted molar refractivity (Wildman–Crippen MR) is 79.5 cm³/mol. The van der Waals surface area contributed by atoms with Gasteiger partial charge in [-0.1, -0.05) is 39.5 Å². The molecule has 1 aliphatic rings. The van der Waals surface area contributed by atoms with Crippen molar-refractivity contribution in [3.63, 3.8) is 0 Å². The molecule has 0 aliphatic heterocycles. The van der Waals surface area contributed by atoms with Crippen LogP contribution in [0.5, 0.6) is 0 Å². The standard InChI is InChI=1S/C15H30N2O3/c1-3-5-12-13(6-4-2)14(12)11-20-15(18)17-8-10-19-9-7-16/h12-14H,3-11,16H2,1-2H3,(H,17,18)/t12-,13+,14-. The zero-order chi connectivity index (χ0) is 14.8. The summed E-state index contributed by atoms with van der Waals surface area (Å²) in [5.41, 5.74) is 5.30. The molecule has 1 saturated carbocycles. The highest BCUT2D eigenvalue weighted by atomic mass is 16.5. The molecular formula is C15H30N2O3. The fraction of sp³-hybridized carbons (Fsp3) is 0.933. The predicted octanol–water partition coefficient (Wildman–Crippen LogP) is 2.15. The van der Waals surface area contributed by atoms with Crippen molar-refractivity contribution in [3.8, 4) is 0 Å². The second kappa shape index (κ2) is 10.00. The van der Waals surface area contributed by atoms with Crippen molar-refractivity contribution >= 4 is 6.09 Å². The van der Waals surface area contributed by atoms with Crippen LogP contribution in [-0.2, 0) is 9.47 Å². The molecule has 0 aromatic rings. The van der Waals surface area contributed by atoms with Gasteiger partial charge < -0.3 is 20.5 Å². The molecule has 0 bridgehead atoms. The number of amides is 1. The summed E-state index contributed by atoms with van der Waals surface area (Å²) in [6.45, 7) is 6.97. The molecule has 1 rings (SSSR count). The quantitative estimate of drug-likeness (QED) is 0.571. The largest absolute Gasteiger partial charge is 0.449 e. The van der Waals surface area contributed by atoms with Crippen LogP contribution >= 0.6 is 0 Å². The van der Waals surface area contributed by atoms with Crippen molar-refractivity contribution in [2.45, 2.75) is 39.5 Å². The molecule has 0 spiro atoms. The average molecular weight is 286 g/mol. The zero-order valence-corrected chi connectivity index (χ0v) is 12.9. The Morgan fingerprint density at radius 1 is 1.10 bits per heavy atom. The molecule has 5 nitrogen and oxygen atoms in total. The lowest BCUT2D eigenvalue weighted by Gasteiger charge is -2.07. The highest BCUT2D eigenvalue weighted by molar-refractivity contribution is 5.67. The van der Waals surface area contributed by atoms with Crippen LogP contribution in [0.25, 0.3) is 0 Å². The smallest absolute Gasteiger partial charge is 0.407 e. The summed E-state index contributed by atoms with van der Waals surface area (Å²) in [6, 6.07) is 0. The molecule has 0 heterocycles. The van der Waals surface area contributed by atoms with E-state index in [1.54, 1.807) is 0 Å². The molecular weight excluding hydrogens is 256 g/mol. The minimum Gasteiger partial charge on any atom is -0.449 e. The Morgan fingerprint density at radius 2 is 1.75 bits per heavy atom. The number of carbonyl (C=O) groups is 1. The maximum atomic E-state index is 11.5. The van der Waals surface area contributed by atoms with E-state index in [1.165, 1.54) is 25.7 Å². The second-order valence-corrected chi connectivity index (χ2v) is 5.50. The molecule has 118 valence electrons. The first-order valence-electron chi connectivity index (χ1n) is 7.93. The van der Waals surface area contributed by atoms with Crippen LogP contribution in [0.3, 0.4) is 0 Å². The van der Waals surface area contributed by atoms with E-state index in [0.29, 0.717) is 38.8 Å². The highest BCUT2D eigenvalue weighted by Gasteiger charge is 2.48. The van der Waals surface area contributed by atoms with Crippen LogP contribution in [0.4, 0.5) is 4.79 Å². The molecule has 0 saturated heterocycles. The molecule has 1 aliphatic carbocycles. The Morgan fingerprint density at radius 3 is 2.30 bits per heavy atom. The third-order valence-electron chi connectivity index (χ3n) is 3.94. The van der Waals surface area contributed by atoms with Crippen LogP contribution < -0.4 is 11.1 Å². The first-order chi connectivity index (χ1) is 9.74. The number of carbonyl (C=O) groups excluding carboxylic acids is 1. The third-order valence-corrected chi connectivity index (χ3v) is 3.94. The van der Waals surface area contributed by atoms with Gasteiger partial charge in [0.1, 0.15) is 0 Å². The molecule has 1 fully saturated rings. The highest BCUT2D eigenvalue weighted by Crippen LogP contribution is 2.51. The Balaban J connectivity index is 2.08. The van der Waals surface area contributed by atoms with Gasteiger partial charge in [0.2, 0.25) is 0 Å². The van der Waals surface area contributed by atoms with E-state index in [1.807, 2.05) is 0 Å². The molecule has 0 radical (unpaired) electrons. The Kier molecular flexibility index (Phi) is 8.62. The van der Waals surface area contributed by atoms with Crippen LogP contribution in [-0.4, -0.2) is 39.0 Å². The normalized spacial score (nSPS) is 24.4. The van der Waals surface area contributed by atoms with Crippen molar-refractivity contribution in [1.29, 1.82) is 0 Å². The maximum absolute atomic E-state index is 11.5. The molecule has 0 unspecified atom stereocenters. The fourth-order valence-electron chi connectivity index (χ4n) is 2.93. The fourth-order valence-corrected chi connectivity index (χ4v) is 2.93. The van der Waals surface area contributed by atoms with Gasteiger partial charge in [0.15, 0.2) is 0 Å². The van der Waals surface area contributed by atoms with E-state index in [0.717, 1.165) is 11.8 Å². The number of hydrogen-bond acceptors (Lipinski definition) is 4. The number of nitrogens with two attached hydrogens (primary N) is 1. The number of ether oxygens (including phenoxy) is 2. The van der Waals surface area contributed by atoms with Gasteiger partial charge in [-0.15, -0.1) is 0 Å². The van der Waals surface area contributed by atoms with Gasteiger partial charge in [-0.05, 0) is 17.8 Å². The lowest BCUT2D eigenvalue weighted by atomic mass is 10.1. The van der Waals surface area contributed by atoms with Gasteiger partial charge in [-0.2, -0.15) is 0 Å². The second-order valence-electron chi connectivity index (χ2n) is 5.50. The zero-order valence-electron chi connectivity index (χ0n) is 12.9. The summed E-state index contributed by atoms with van der Waals surface area (Å²) in [5.74, 6) is 2.11. The Labute approximate surface area is 122 Å². The SMILES string of the molecule is CCC[C@@H]1[C@H](CCC)[C@@H]1COC(=O)NCCOCCN. The first kappa shape index (κ1) is 17.2. The Bertz CT molecular complexity index is 262. The lowest BCUT2D eigenvalue weighted by molar-refractivity contribution is 0.121. The number of rotatable bonds is 11. The molecule has 20 heavy (non-hydrogen) atoms. The van der Waals surface area contributed by atoms with Crippen molar-refractivity contribution in [1.82, 2.24) is 5.32 Å². The molecule has 3 atom stereocenters. The lowest BCUT2D eigenvalue weighted by Crippen LogP contribution is -2.29. The summed E-state index contributed by atoms with van der Waals surface area (Å²) in [7, 11) is 0. The summed E-state index contributed by atoms with van der Waals surface area (Å²) in [6.07, 6.45) is 4.61. The minimum absolute atomic E-state index is 0.334. The minimum atomic E-state index is -0.334. The van der Waals surface area contributed by atoms with Crippen molar-refractivity contribution in [3.05, 3.63) is 0 Å². The van der Waals surface area contributed by atoms with Crippen LogP contribution in [0.1, 0.15) is 39.5 Å². The van der Waals surface area contributed by atoms with Gasteiger partial charge >= 0.3 is 6.09 Å². The molecule has 0 aromatic carbocycles. The van der Waals surface area contributed by atoms with Gasteiger partial charge in [-0.3, -0.25) is 0 Å². The Hall–Kier alpha value is -0.810. The molecule has 1 amide bonds. The van der Waals surface area contributed by atoms with Crippen LogP contribution in [0, 0.1) is 17.8 Å². The number of alkyl carbamates (subject to hydrolysis) is 1. The number of nitrogens with one attached hydrogen (secondary N) is 1.